The molecule has 0 bridgehead atoms. The molecule has 4 heteroatoms. The van der Waals surface area contributed by atoms with E-state index in [0.717, 1.165) is 31.4 Å². The van der Waals surface area contributed by atoms with Gasteiger partial charge in [-0.3, -0.25) is 9.69 Å². The van der Waals surface area contributed by atoms with Crippen molar-refractivity contribution in [1.82, 2.24) is 10.2 Å². The smallest absolute Gasteiger partial charge is 0.264 e. The van der Waals surface area contributed by atoms with E-state index in [1.54, 1.807) is 4.90 Å². The van der Waals surface area contributed by atoms with Crippen molar-refractivity contribution in [1.29, 1.82) is 0 Å². The van der Waals surface area contributed by atoms with Crippen LogP contribution in [0.2, 0.25) is 0 Å². The van der Waals surface area contributed by atoms with Crippen molar-refractivity contribution < 1.29 is 4.79 Å². The zero-order chi connectivity index (χ0) is 14.2. The maximum Gasteiger partial charge on any atom is 0.264 e. The lowest BCUT2D eigenvalue weighted by Crippen LogP contribution is -2.43. The van der Waals surface area contributed by atoms with Gasteiger partial charge < -0.3 is 5.32 Å². The van der Waals surface area contributed by atoms with Crippen molar-refractivity contribution in [2.45, 2.75) is 37.6 Å². The Bertz CT molecular complexity index is 561. The summed E-state index contributed by atoms with van der Waals surface area (Å²) in [5, 5.41) is 3.85. The number of amides is 1. The lowest BCUT2D eigenvalue weighted by atomic mass is 9.80. The number of nitrogens with zero attached hydrogens (tertiary/aromatic N) is 1. The Labute approximate surface area is 124 Å². The van der Waals surface area contributed by atoms with E-state index in [1.165, 1.54) is 6.42 Å². The molecule has 0 unspecified atom stereocenters. The first kappa shape index (κ1) is 13.3. The normalized spacial score (nSPS) is 21.1. The van der Waals surface area contributed by atoms with Crippen molar-refractivity contribution in [3.05, 3.63) is 48.2 Å². The second-order valence-electron chi connectivity index (χ2n) is 5.53. The molecule has 1 saturated carbocycles. The van der Waals surface area contributed by atoms with Crippen LogP contribution in [0.5, 0.6) is 0 Å². The summed E-state index contributed by atoms with van der Waals surface area (Å²) >= 11 is 5.38. The summed E-state index contributed by atoms with van der Waals surface area (Å²) in [5.74, 6) is -0.0875. The minimum Gasteiger partial charge on any atom is -0.351 e. The number of hydrogen-bond acceptors (Lipinski definition) is 2. The number of hydrogen-bond donors (Lipinski definition) is 1. The number of thiocarbonyl (C=S) groups is 1. The summed E-state index contributed by atoms with van der Waals surface area (Å²) in [6.07, 6.45) is 5.56. The van der Waals surface area contributed by atoms with Gasteiger partial charge in [0.15, 0.2) is 5.11 Å². The molecule has 2 aliphatic rings. The summed E-state index contributed by atoms with van der Waals surface area (Å²) in [6, 6.07) is 9.24. The van der Waals surface area contributed by atoms with Gasteiger partial charge in [-0.1, -0.05) is 44.0 Å². The van der Waals surface area contributed by atoms with Gasteiger partial charge in [-0.2, -0.15) is 0 Å². The van der Waals surface area contributed by atoms with E-state index in [4.69, 9.17) is 12.2 Å². The number of nitrogens with one attached hydrogen (secondary N) is 1. The van der Waals surface area contributed by atoms with Gasteiger partial charge in [0, 0.05) is 11.3 Å². The molecule has 104 valence electrons. The van der Waals surface area contributed by atoms with Gasteiger partial charge in [-0.05, 0) is 37.2 Å². The first-order valence-corrected chi connectivity index (χ1v) is 7.46. The molecular weight excluding hydrogens is 268 g/mol. The van der Waals surface area contributed by atoms with Crippen LogP contribution < -0.4 is 5.32 Å². The summed E-state index contributed by atoms with van der Waals surface area (Å²) in [7, 11) is 0. The van der Waals surface area contributed by atoms with Crippen molar-refractivity contribution >= 4 is 23.2 Å². The molecule has 2 fully saturated rings. The standard InChI is InChI=1S/C16H18N2OS/c1-12-16(10-6-3-7-11-16)17-15(20)18(12)14(19)13-8-4-2-5-9-13/h2,4-5,8-9H,1,3,6-7,10-11H2,(H,17,20). The van der Waals surface area contributed by atoms with Crippen molar-refractivity contribution in [3.63, 3.8) is 0 Å². The maximum absolute atomic E-state index is 12.6. The molecule has 0 atom stereocenters. The fourth-order valence-corrected chi connectivity index (χ4v) is 3.55. The third-order valence-corrected chi connectivity index (χ3v) is 4.59. The van der Waals surface area contributed by atoms with Gasteiger partial charge in [-0.15, -0.1) is 0 Å². The van der Waals surface area contributed by atoms with Crippen LogP contribution in [0.15, 0.2) is 42.6 Å². The highest BCUT2D eigenvalue weighted by molar-refractivity contribution is 7.80. The quantitative estimate of drug-likeness (QED) is 0.804. The molecular formula is C16H18N2OS. The van der Waals surface area contributed by atoms with Gasteiger partial charge in [-0.25, -0.2) is 0 Å². The highest BCUT2D eigenvalue weighted by Gasteiger charge is 2.47. The van der Waals surface area contributed by atoms with Crippen LogP contribution in [-0.2, 0) is 0 Å². The summed E-state index contributed by atoms with van der Waals surface area (Å²) in [5.41, 5.74) is 1.27. The number of benzene rings is 1. The first-order chi connectivity index (χ1) is 9.64. The van der Waals surface area contributed by atoms with E-state index < -0.39 is 0 Å². The molecule has 0 radical (unpaired) electrons. The Morgan fingerprint density at radius 1 is 1.20 bits per heavy atom. The zero-order valence-electron chi connectivity index (χ0n) is 11.4. The predicted octanol–water partition coefficient (Wildman–Crippen LogP) is 3.23. The fourth-order valence-electron chi connectivity index (χ4n) is 3.16. The van der Waals surface area contributed by atoms with Crippen LogP contribution >= 0.6 is 12.2 Å². The van der Waals surface area contributed by atoms with Crippen LogP contribution in [0.1, 0.15) is 42.5 Å². The SMILES string of the molecule is C=C1N(C(=O)c2ccccc2)C(=S)NC12CCCCC2. The minimum atomic E-state index is -0.195. The van der Waals surface area contributed by atoms with E-state index in [0.29, 0.717) is 10.7 Å². The number of rotatable bonds is 1. The maximum atomic E-state index is 12.6. The molecule has 1 saturated heterocycles. The van der Waals surface area contributed by atoms with Gasteiger partial charge in [0.1, 0.15) is 0 Å². The predicted molar refractivity (Wildman–Crippen MR) is 83.3 cm³/mol. The highest BCUT2D eigenvalue weighted by Crippen LogP contribution is 2.39. The minimum absolute atomic E-state index is 0.0875. The monoisotopic (exact) mass is 286 g/mol. The molecule has 1 aromatic rings. The van der Waals surface area contributed by atoms with Crippen LogP contribution in [-0.4, -0.2) is 21.5 Å². The largest absolute Gasteiger partial charge is 0.351 e. The Balaban J connectivity index is 1.89. The topological polar surface area (TPSA) is 32.3 Å². The van der Waals surface area contributed by atoms with Crippen LogP contribution in [0.25, 0.3) is 0 Å². The molecule has 1 heterocycles. The molecule has 1 aliphatic heterocycles. The lowest BCUT2D eigenvalue weighted by Gasteiger charge is -2.34. The van der Waals surface area contributed by atoms with Crippen molar-refractivity contribution in [2.24, 2.45) is 0 Å². The molecule has 1 spiro atoms. The number of carbonyl (C=O) groups is 1. The van der Waals surface area contributed by atoms with Gasteiger partial charge >= 0.3 is 0 Å². The molecule has 1 aromatic carbocycles. The van der Waals surface area contributed by atoms with Gasteiger partial charge in [0.05, 0.1) is 5.54 Å². The highest BCUT2D eigenvalue weighted by atomic mass is 32.1. The van der Waals surface area contributed by atoms with Crippen LogP contribution in [0.4, 0.5) is 0 Å². The van der Waals surface area contributed by atoms with E-state index in [9.17, 15) is 4.79 Å². The number of carbonyl (C=O) groups excluding carboxylic acids is 1. The van der Waals surface area contributed by atoms with E-state index in [2.05, 4.69) is 11.9 Å². The second kappa shape index (κ2) is 5.02. The molecule has 3 nitrogen and oxygen atoms in total. The summed E-state index contributed by atoms with van der Waals surface area (Å²) in [4.78, 5) is 14.2. The first-order valence-electron chi connectivity index (χ1n) is 7.05. The average Bonchev–Trinajstić information content (AvgIpc) is 2.71. The molecule has 20 heavy (non-hydrogen) atoms. The van der Waals surface area contributed by atoms with Crippen molar-refractivity contribution in [2.75, 3.05) is 0 Å². The van der Waals surface area contributed by atoms with Crippen molar-refractivity contribution in [3.8, 4) is 0 Å². The van der Waals surface area contributed by atoms with E-state index in [-0.39, 0.29) is 11.4 Å². The Morgan fingerprint density at radius 2 is 1.85 bits per heavy atom. The molecule has 1 aliphatic carbocycles. The molecule has 1 N–H and O–H groups in total. The second-order valence-corrected chi connectivity index (χ2v) is 5.91. The van der Waals surface area contributed by atoms with Crippen LogP contribution in [0.3, 0.4) is 0 Å². The summed E-state index contributed by atoms with van der Waals surface area (Å²) in [6.45, 7) is 4.16. The third kappa shape index (κ3) is 2.04. The van der Waals surface area contributed by atoms with Gasteiger partial charge in [0.2, 0.25) is 0 Å². The van der Waals surface area contributed by atoms with Crippen LogP contribution in [0, 0.1) is 0 Å². The fraction of sp³-hybridized carbons (Fsp3) is 0.375. The Hall–Kier alpha value is -1.68. The molecule has 1 amide bonds. The van der Waals surface area contributed by atoms with E-state index >= 15 is 0 Å². The molecule has 3 rings (SSSR count). The Morgan fingerprint density at radius 3 is 2.50 bits per heavy atom. The molecule has 0 aromatic heterocycles. The van der Waals surface area contributed by atoms with Gasteiger partial charge in [0.25, 0.3) is 5.91 Å². The van der Waals surface area contributed by atoms with E-state index in [1.807, 2.05) is 30.3 Å². The lowest BCUT2D eigenvalue weighted by molar-refractivity contribution is 0.0875. The zero-order valence-corrected chi connectivity index (χ0v) is 12.2. The summed E-state index contributed by atoms with van der Waals surface area (Å²) < 4.78 is 0. The average molecular weight is 286 g/mol. The Kier molecular flexibility index (Phi) is 3.34. The third-order valence-electron chi connectivity index (χ3n) is 4.30.